The standard InChI is InChI=1S/C20H24ClN3O2/c1-15(2)26-19-9-5-17(6-10-19)22-20(25)24-13-11-23(12-14-24)18-7-3-16(21)4-8-18/h3-10,15H,11-14H2,1-2H3,(H,22,25). The van der Waals surface area contributed by atoms with Crippen molar-refractivity contribution in [3.8, 4) is 5.75 Å². The molecule has 0 bridgehead atoms. The number of carbonyl (C=O) groups is 1. The van der Waals surface area contributed by atoms with Crippen molar-refractivity contribution in [1.82, 2.24) is 4.90 Å². The van der Waals surface area contributed by atoms with E-state index < -0.39 is 0 Å². The molecule has 1 N–H and O–H groups in total. The number of nitrogens with zero attached hydrogens (tertiary/aromatic N) is 2. The molecule has 138 valence electrons. The Labute approximate surface area is 159 Å². The van der Waals surface area contributed by atoms with Crippen molar-refractivity contribution in [3.63, 3.8) is 0 Å². The highest BCUT2D eigenvalue weighted by Crippen LogP contribution is 2.20. The molecule has 0 saturated carbocycles. The molecule has 0 spiro atoms. The molecule has 6 heteroatoms. The molecule has 0 aromatic heterocycles. The summed E-state index contributed by atoms with van der Waals surface area (Å²) >= 11 is 5.94. The van der Waals surface area contributed by atoms with E-state index in [1.165, 1.54) is 0 Å². The van der Waals surface area contributed by atoms with Gasteiger partial charge in [0, 0.05) is 42.6 Å². The van der Waals surface area contributed by atoms with Crippen LogP contribution in [0.4, 0.5) is 16.2 Å². The van der Waals surface area contributed by atoms with Crippen molar-refractivity contribution in [3.05, 3.63) is 53.6 Å². The molecule has 0 aliphatic carbocycles. The van der Waals surface area contributed by atoms with Gasteiger partial charge in [0.1, 0.15) is 5.75 Å². The number of hydrogen-bond donors (Lipinski definition) is 1. The maximum Gasteiger partial charge on any atom is 0.321 e. The fourth-order valence-corrected chi connectivity index (χ4v) is 3.04. The molecule has 5 nitrogen and oxygen atoms in total. The molecule has 2 aromatic carbocycles. The van der Waals surface area contributed by atoms with E-state index in [9.17, 15) is 4.79 Å². The van der Waals surface area contributed by atoms with Crippen molar-refractivity contribution < 1.29 is 9.53 Å². The zero-order valence-electron chi connectivity index (χ0n) is 15.1. The van der Waals surface area contributed by atoms with E-state index in [0.29, 0.717) is 13.1 Å². The molecule has 0 radical (unpaired) electrons. The van der Waals surface area contributed by atoms with Gasteiger partial charge < -0.3 is 19.9 Å². The van der Waals surface area contributed by atoms with Crippen LogP contribution in [-0.2, 0) is 0 Å². The Balaban J connectivity index is 1.51. The number of benzene rings is 2. The van der Waals surface area contributed by atoms with Crippen LogP contribution in [0.1, 0.15) is 13.8 Å². The van der Waals surface area contributed by atoms with Gasteiger partial charge in [-0.2, -0.15) is 0 Å². The van der Waals surface area contributed by atoms with E-state index in [2.05, 4.69) is 10.2 Å². The third-order valence-electron chi connectivity index (χ3n) is 4.24. The van der Waals surface area contributed by atoms with E-state index >= 15 is 0 Å². The van der Waals surface area contributed by atoms with Gasteiger partial charge in [0.15, 0.2) is 0 Å². The Bertz CT molecular complexity index is 724. The van der Waals surface area contributed by atoms with Gasteiger partial charge in [0.25, 0.3) is 0 Å². The quantitative estimate of drug-likeness (QED) is 0.859. The Morgan fingerprint density at radius 2 is 1.62 bits per heavy atom. The van der Waals surface area contributed by atoms with Crippen molar-refractivity contribution in [1.29, 1.82) is 0 Å². The van der Waals surface area contributed by atoms with Crippen LogP contribution < -0.4 is 15.0 Å². The first-order valence-corrected chi connectivity index (χ1v) is 9.22. The molecule has 1 heterocycles. The monoisotopic (exact) mass is 373 g/mol. The average Bonchev–Trinajstić information content (AvgIpc) is 2.64. The summed E-state index contributed by atoms with van der Waals surface area (Å²) in [5, 5.41) is 3.68. The third-order valence-corrected chi connectivity index (χ3v) is 4.49. The van der Waals surface area contributed by atoms with E-state index in [-0.39, 0.29) is 12.1 Å². The second-order valence-corrected chi connectivity index (χ2v) is 7.01. The molecular formula is C20H24ClN3O2. The van der Waals surface area contributed by atoms with Crippen molar-refractivity contribution in [2.45, 2.75) is 20.0 Å². The van der Waals surface area contributed by atoms with Crippen LogP contribution in [0.5, 0.6) is 5.75 Å². The van der Waals surface area contributed by atoms with Gasteiger partial charge in [-0.25, -0.2) is 4.79 Å². The Hall–Kier alpha value is -2.40. The highest BCUT2D eigenvalue weighted by molar-refractivity contribution is 6.30. The zero-order chi connectivity index (χ0) is 18.5. The first-order valence-electron chi connectivity index (χ1n) is 8.84. The molecule has 2 aromatic rings. The van der Waals surface area contributed by atoms with E-state index in [1.807, 2.05) is 67.3 Å². The minimum atomic E-state index is -0.0710. The number of amides is 2. The number of hydrogen-bond acceptors (Lipinski definition) is 3. The minimum Gasteiger partial charge on any atom is -0.491 e. The summed E-state index contributed by atoms with van der Waals surface area (Å²) in [4.78, 5) is 16.6. The largest absolute Gasteiger partial charge is 0.491 e. The summed E-state index contributed by atoms with van der Waals surface area (Å²) in [6, 6.07) is 15.2. The maximum absolute atomic E-state index is 12.5. The number of anilines is 2. The van der Waals surface area contributed by atoms with Gasteiger partial charge in [-0.05, 0) is 62.4 Å². The lowest BCUT2D eigenvalue weighted by molar-refractivity contribution is 0.208. The summed E-state index contributed by atoms with van der Waals surface area (Å²) in [6.07, 6.45) is 0.132. The molecule has 3 rings (SSSR count). The molecular weight excluding hydrogens is 350 g/mol. The van der Waals surface area contributed by atoms with E-state index in [4.69, 9.17) is 16.3 Å². The second kappa shape index (κ2) is 8.32. The Kier molecular flexibility index (Phi) is 5.89. The minimum absolute atomic E-state index is 0.0710. The SMILES string of the molecule is CC(C)Oc1ccc(NC(=O)N2CCN(c3ccc(Cl)cc3)CC2)cc1. The summed E-state index contributed by atoms with van der Waals surface area (Å²) in [5.41, 5.74) is 1.90. The number of halogens is 1. The molecule has 1 aliphatic rings. The topological polar surface area (TPSA) is 44.8 Å². The molecule has 1 fully saturated rings. The predicted octanol–water partition coefficient (Wildman–Crippen LogP) is 4.48. The van der Waals surface area contributed by atoms with E-state index in [1.54, 1.807) is 0 Å². The fourth-order valence-electron chi connectivity index (χ4n) is 2.91. The molecule has 0 unspecified atom stereocenters. The number of carbonyl (C=O) groups excluding carboxylic acids is 1. The summed E-state index contributed by atoms with van der Waals surface area (Å²) < 4.78 is 5.61. The smallest absolute Gasteiger partial charge is 0.321 e. The van der Waals surface area contributed by atoms with Crippen LogP contribution in [0.2, 0.25) is 5.02 Å². The lowest BCUT2D eigenvalue weighted by Crippen LogP contribution is -2.50. The Morgan fingerprint density at radius 1 is 1.00 bits per heavy atom. The van der Waals surface area contributed by atoms with Crippen LogP contribution in [0, 0.1) is 0 Å². The molecule has 1 aliphatic heterocycles. The molecule has 1 saturated heterocycles. The summed E-state index contributed by atoms with van der Waals surface area (Å²) in [7, 11) is 0. The highest BCUT2D eigenvalue weighted by atomic mass is 35.5. The van der Waals surface area contributed by atoms with Gasteiger partial charge in [0.2, 0.25) is 0 Å². The second-order valence-electron chi connectivity index (χ2n) is 6.57. The van der Waals surface area contributed by atoms with Gasteiger partial charge in [-0.1, -0.05) is 11.6 Å². The molecule has 26 heavy (non-hydrogen) atoms. The van der Waals surface area contributed by atoms with Crippen LogP contribution >= 0.6 is 11.6 Å². The van der Waals surface area contributed by atoms with Crippen LogP contribution in [0.25, 0.3) is 0 Å². The number of piperazine rings is 1. The summed E-state index contributed by atoms with van der Waals surface area (Å²) in [5.74, 6) is 0.801. The first kappa shape index (κ1) is 18.4. The van der Waals surface area contributed by atoms with Crippen molar-refractivity contribution in [2.75, 3.05) is 36.4 Å². The van der Waals surface area contributed by atoms with Gasteiger partial charge >= 0.3 is 6.03 Å². The fraction of sp³-hybridized carbons (Fsp3) is 0.350. The lowest BCUT2D eigenvalue weighted by Gasteiger charge is -2.36. The maximum atomic E-state index is 12.5. The predicted molar refractivity (Wildman–Crippen MR) is 106 cm³/mol. The van der Waals surface area contributed by atoms with Gasteiger partial charge in [0.05, 0.1) is 6.10 Å². The number of ether oxygens (including phenoxy) is 1. The first-order chi connectivity index (χ1) is 12.5. The number of nitrogens with one attached hydrogen (secondary N) is 1. The lowest BCUT2D eigenvalue weighted by atomic mass is 10.2. The van der Waals surface area contributed by atoms with Crippen LogP contribution in [0.3, 0.4) is 0 Å². The van der Waals surface area contributed by atoms with Gasteiger partial charge in [-0.15, -0.1) is 0 Å². The number of rotatable bonds is 4. The highest BCUT2D eigenvalue weighted by Gasteiger charge is 2.21. The van der Waals surface area contributed by atoms with Crippen molar-refractivity contribution in [2.24, 2.45) is 0 Å². The Morgan fingerprint density at radius 3 is 2.19 bits per heavy atom. The van der Waals surface area contributed by atoms with Crippen LogP contribution in [0.15, 0.2) is 48.5 Å². The zero-order valence-corrected chi connectivity index (χ0v) is 15.9. The van der Waals surface area contributed by atoms with E-state index in [0.717, 1.165) is 35.2 Å². The molecule has 0 atom stereocenters. The van der Waals surface area contributed by atoms with Crippen molar-refractivity contribution >= 4 is 29.0 Å². The van der Waals surface area contributed by atoms with Crippen LogP contribution in [-0.4, -0.2) is 43.2 Å². The van der Waals surface area contributed by atoms with Gasteiger partial charge in [-0.3, -0.25) is 0 Å². The summed E-state index contributed by atoms with van der Waals surface area (Å²) in [6.45, 7) is 6.94. The normalized spacial score (nSPS) is 14.5. The molecule has 2 amide bonds. The third kappa shape index (κ3) is 4.82. The number of urea groups is 1. The average molecular weight is 374 g/mol.